The minimum atomic E-state index is -0.0429. The van der Waals surface area contributed by atoms with Gasteiger partial charge in [-0.05, 0) is 48.9 Å². The fourth-order valence-corrected chi connectivity index (χ4v) is 4.64. The Morgan fingerprint density at radius 2 is 1.87 bits per heavy atom. The number of fused-ring (bicyclic) bond motifs is 2. The van der Waals surface area contributed by atoms with E-state index in [9.17, 15) is 4.79 Å². The van der Waals surface area contributed by atoms with Crippen LogP contribution in [-0.2, 0) is 11.8 Å². The summed E-state index contributed by atoms with van der Waals surface area (Å²) < 4.78 is 7.97. The van der Waals surface area contributed by atoms with Crippen LogP contribution in [0.5, 0.6) is 11.5 Å². The lowest BCUT2D eigenvalue weighted by Gasteiger charge is -2.35. The first-order chi connectivity index (χ1) is 19.0. The number of amides is 1. The van der Waals surface area contributed by atoms with Gasteiger partial charge in [0.1, 0.15) is 34.7 Å². The van der Waals surface area contributed by atoms with Gasteiger partial charge in [0.05, 0.1) is 18.0 Å². The molecule has 1 aliphatic rings. The van der Waals surface area contributed by atoms with Crippen LogP contribution in [0.3, 0.4) is 0 Å². The number of aromatic nitrogens is 6. The molecule has 0 saturated carbocycles. The second-order valence-corrected chi connectivity index (χ2v) is 9.35. The van der Waals surface area contributed by atoms with Crippen LogP contribution >= 0.6 is 0 Å². The number of nitrogens with one attached hydrogen (secondary N) is 1. The smallest absolute Gasteiger partial charge is 0.246 e. The molecule has 1 N–H and O–H groups in total. The monoisotopic (exact) mass is 521 g/mol. The summed E-state index contributed by atoms with van der Waals surface area (Å²) in [5.74, 6) is 2.74. The lowest BCUT2D eigenvalue weighted by molar-refractivity contribution is -0.126. The van der Waals surface area contributed by atoms with Crippen molar-refractivity contribution in [3.63, 3.8) is 0 Å². The molecule has 1 amide bonds. The standard InChI is InChI=1S/C28H27N9O2/c1-4-25(38)37-11-9-36(10-12-37)24-8-6-21-26(34-24)27(31-16-30-21)33-19-5-7-23(18(2)13-19)39-20-14-22-28(29-15-20)35(3)17-32-22/h4-8,13-17H,1,9-12H2,2-3H3,(H,30,31,33). The number of imidazole rings is 1. The number of pyridine rings is 2. The van der Waals surface area contributed by atoms with Gasteiger partial charge in [-0.1, -0.05) is 6.58 Å². The topological polar surface area (TPSA) is 114 Å². The molecular formula is C28H27N9O2. The number of rotatable bonds is 6. The molecule has 11 heteroatoms. The van der Waals surface area contributed by atoms with Crippen LogP contribution in [0, 0.1) is 6.92 Å². The molecule has 0 spiro atoms. The van der Waals surface area contributed by atoms with Crippen LogP contribution in [-0.4, -0.2) is 66.5 Å². The number of ether oxygens (including phenoxy) is 1. The van der Waals surface area contributed by atoms with Gasteiger partial charge < -0.3 is 24.4 Å². The molecule has 196 valence electrons. The second-order valence-electron chi connectivity index (χ2n) is 9.35. The number of aryl methyl sites for hydroxylation is 2. The third-order valence-electron chi connectivity index (χ3n) is 6.75. The number of nitrogens with zero attached hydrogens (tertiary/aromatic N) is 8. The molecular weight excluding hydrogens is 494 g/mol. The Morgan fingerprint density at radius 1 is 1.03 bits per heavy atom. The second kappa shape index (κ2) is 10.0. The average molecular weight is 522 g/mol. The number of hydrogen-bond donors (Lipinski definition) is 1. The van der Waals surface area contributed by atoms with Crippen LogP contribution in [0.4, 0.5) is 17.3 Å². The fraction of sp³-hybridized carbons (Fsp3) is 0.214. The van der Waals surface area contributed by atoms with E-state index < -0.39 is 0 Å². The fourth-order valence-electron chi connectivity index (χ4n) is 4.64. The predicted octanol–water partition coefficient (Wildman–Crippen LogP) is 3.99. The zero-order valence-electron chi connectivity index (χ0n) is 21.7. The van der Waals surface area contributed by atoms with Gasteiger partial charge in [-0.15, -0.1) is 0 Å². The van der Waals surface area contributed by atoms with Crippen molar-refractivity contribution in [1.82, 2.24) is 34.4 Å². The number of carbonyl (C=O) groups excluding carboxylic acids is 1. The summed E-state index contributed by atoms with van der Waals surface area (Å²) in [5.41, 5.74) is 4.79. The van der Waals surface area contributed by atoms with Crippen molar-refractivity contribution in [3.8, 4) is 11.5 Å². The van der Waals surface area contributed by atoms with Crippen molar-refractivity contribution in [2.24, 2.45) is 7.05 Å². The Morgan fingerprint density at radius 3 is 2.67 bits per heavy atom. The Labute approximate surface area is 224 Å². The maximum atomic E-state index is 11.9. The van der Waals surface area contributed by atoms with Gasteiger partial charge >= 0.3 is 0 Å². The quantitative estimate of drug-likeness (QED) is 0.331. The minimum absolute atomic E-state index is 0.0429. The zero-order valence-corrected chi connectivity index (χ0v) is 21.7. The number of benzene rings is 1. The van der Waals surface area contributed by atoms with Crippen LogP contribution in [0.15, 0.2) is 67.9 Å². The molecule has 0 radical (unpaired) electrons. The largest absolute Gasteiger partial charge is 0.455 e. The van der Waals surface area contributed by atoms with Crippen LogP contribution < -0.4 is 15.0 Å². The highest BCUT2D eigenvalue weighted by Crippen LogP contribution is 2.30. The number of piperazine rings is 1. The highest BCUT2D eigenvalue weighted by molar-refractivity contribution is 5.89. The molecule has 0 atom stereocenters. The number of hydrogen-bond acceptors (Lipinski definition) is 9. The molecule has 0 bridgehead atoms. The van der Waals surface area contributed by atoms with Gasteiger partial charge in [0.25, 0.3) is 0 Å². The molecule has 1 aliphatic heterocycles. The van der Waals surface area contributed by atoms with Crippen molar-refractivity contribution in [3.05, 3.63) is 73.5 Å². The van der Waals surface area contributed by atoms with Crippen molar-refractivity contribution >= 4 is 45.4 Å². The summed E-state index contributed by atoms with van der Waals surface area (Å²) in [4.78, 5) is 38.4. The van der Waals surface area contributed by atoms with E-state index in [1.807, 2.05) is 54.9 Å². The van der Waals surface area contributed by atoms with Gasteiger partial charge in [-0.25, -0.2) is 24.9 Å². The SMILES string of the molecule is C=CC(=O)N1CCN(c2ccc3ncnc(Nc4ccc(Oc5cnc6c(c5)ncn6C)c(C)c4)c3n2)CC1. The molecule has 0 aliphatic carbocycles. The Kier molecular flexibility index (Phi) is 6.23. The number of carbonyl (C=O) groups is 1. The first kappa shape index (κ1) is 24.3. The summed E-state index contributed by atoms with van der Waals surface area (Å²) in [6.07, 6.45) is 6.31. The summed E-state index contributed by atoms with van der Waals surface area (Å²) in [6.45, 7) is 8.20. The Hall–Kier alpha value is -5.06. The van der Waals surface area contributed by atoms with E-state index in [0.717, 1.165) is 39.5 Å². The maximum absolute atomic E-state index is 11.9. The summed E-state index contributed by atoms with van der Waals surface area (Å²) in [7, 11) is 1.91. The van der Waals surface area contributed by atoms with Crippen molar-refractivity contribution < 1.29 is 9.53 Å². The van der Waals surface area contributed by atoms with E-state index in [0.29, 0.717) is 43.3 Å². The molecule has 6 rings (SSSR count). The van der Waals surface area contributed by atoms with Crippen LogP contribution in [0.25, 0.3) is 22.2 Å². The third-order valence-corrected chi connectivity index (χ3v) is 6.75. The lowest BCUT2D eigenvalue weighted by atomic mass is 10.2. The predicted molar refractivity (Wildman–Crippen MR) is 149 cm³/mol. The normalized spacial score (nSPS) is 13.6. The molecule has 0 unspecified atom stereocenters. The van der Waals surface area contributed by atoms with Crippen molar-refractivity contribution in [2.45, 2.75) is 6.92 Å². The molecule has 5 heterocycles. The lowest BCUT2D eigenvalue weighted by Crippen LogP contribution is -2.48. The van der Waals surface area contributed by atoms with Gasteiger partial charge in [-0.2, -0.15) is 0 Å². The Balaban J connectivity index is 1.20. The summed E-state index contributed by atoms with van der Waals surface area (Å²) in [5, 5.41) is 3.39. The average Bonchev–Trinajstić information content (AvgIpc) is 3.34. The van der Waals surface area contributed by atoms with E-state index in [4.69, 9.17) is 9.72 Å². The van der Waals surface area contributed by atoms with Gasteiger partial charge in [0, 0.05) is 45.0 Å². The van der Waals surface area contributed by atoms with Gasteiger partial charge in [-0.3, -0.25) is 4.79 Å². The molecule has 1 fully saturated rings. The Bertz CT molecular complexity index is 1710. The summed E-state index contributed by atoms with van der Waals surface area (Å²) >= 11 is 0. The molecule has 1 aromatic carbocycles. The van der Waals surface area contributed by atoms with E-state index in [-0.39, 0.29) is 5.91 Å². The molecule has 1 saturated heterocycles. The van der Waals surface area contributed by atoms with E-state index >= 15 is 0 Å². The van der Waals surface area contributed by atoms with Crippen molar-refractivity contribution in [1.29, 1.82) is 0 Å². The van der Waals surface area contributed by atoms with E-state index in [1.54, 1.807) is 17.4 Å². The van der Waals surface area contributed by atoms with Gasteiger partial charge in [0.2, 0.25) is 5.91 Å². The third kappa shape index (κ3) is 4.81. The highest BCUT2D eigenvalue weighted by atomic mass is 16.5. The van der Waals surface area contributed by atoms with Crippen LogP contribution in [0.1, 0.15) is 5.56 Å². The first-order valence-corrected chi connectivity index (χ1v) is 12.6. The van der Waals surface area contributed by atoms with Crippen LogP contribution in [0.2, 0.25) is 0 Å². The van der Waals surface area contributed by atoms with E-state index in [1.165, 1.54) is 12.4 Å². The maximum Gasteiger partial charge on any atom is 0.246 e. The highest BCUT2D eigenvalue weighted by Gasteiger charge is 2.21. The first-order valence-electron chi connectivity index (χ1n) is 12.6. The molecule has 39 heavy (non-hydrogen) atoms. The van der Waals surface area contributed by atoms with Gasteiger partial charge in [0.15, 0.2) is 11.5 Å². The van der Waals surface area contributed by atoms with Crippen molar-refractivity contribution in [2.75, 3.05) is 36.4 Å². The van der Waals surface area contributed by atoms with E-state index in [2.05, 4.69) is 36.7 Å². The molecule has 4 aromatic heterocycles. The molecule has 5 aromatic rings. The zero-order chi connectivity index (χ0) is 26.9. The number of anilines is 3. The minimum Gasteiger partial charge on any atom is -0.455 e. The molecule has 11 nitrogen and oxygen atoms in total. The summed E-state index contributed by atoms with van der Waals surface area (Å²) in [6, 6.07) is 11.6.